The lowest BCUT2D eigenvalue weighted by Gasteiger charge is -2.36. The fourth-order valence-electron chi connectivity index (χ4n) is 6.18. The summed E-state index contributed by atoms with van der Waals surface area (Å²) in [5.41, 5.74) is 0. The minimum absolute atomic E-state index is 0.0999. The summed E-state index contributed by atoms with van der Waals surface area (Å²) in [6.07, 6.45) is 12.6. The van der Waals surface area contributed by atoms with E-state index in [-0.39, 0.29) is 24.0 Å². The van der Waals surface area contributed by atoms with Crippen LogP contribution < -0.4 is 5.32 Å². The topological polar surface area (TPSA) is 56.8 Å². The molecule has 5 aliphatic rings. The van der Waals surface area contributed by atoms with Crippen molar-refractivity contribution in [2.24, 2.45) is 17.8 Å². The summed E-state index contributed by atoms with van der Waals surface area (Å²) >= 11 is 0. The smallest absolute Gasteiger partial charge is 0.223 e. The molecule has 2 saturated heterocycles. The second-order valence-corrected chi connectivity index (χ2v) is 8.88. The van der Waals surface area contributed by atoms with Gasteiger partial charge in [-0.1, -0.05) is 12.8 Å². The molecule has 5 heteroatoms. The van der Waals surface area contributed by atoms with Crippen molar-refractivity contribution in [3.63, 3.8) is 0 Å². The van der Waals surface area contributed by atoms with Gasteiger partial charge in [-0.25, -0.2) is 0 Å². The molecule has 0 aromatic heterocycles. The van der Waals surface area contributed by atoms with E-state index in [1.165, 1.54) is 25.7 Å². The van der Waals surface area contributed by atoms with Crippen LogP contribution in [0.4, 0.5) is 0 Å². The average molecular weight is 349 g/mol. The number of carbonyl (C=O) groups excluding carboxylic acids is 1. The van der Waals surface area contributed by atoms with Gasteiger partial charge in [0.1, 0.15) is 6.79 Å². The summed E-state index contributed by atoms with van der Waals surface area (Å²) in [4.78, 5) is 12.8. The molecule has 2 heterocycles. The molecule has 3 aliphatic carbocycles. The molecule has 5 fully saturated rings. The Morgan fingerprint density at radius 2 is 1.56 bits per heavy atom. The molecular weight excluding hydrogens is 318 g/mol. The number of amides is 1. The van der Waals surface area contributed by atoms with E-state index < -0.39 is 0 Å². The van der Waals surface area contributed by atoms with Crippen molar-refractivity contribution in [2.75, 3.05) is 6.79 Å². The molecule has 0 aromatic rings. The second-order valence-electron chi connectivity index (χ2n) is 8.88. The molecule has 8 unspecified atom stereocenters. The highest BCUT2D eigenvalue weighted by Crippen LogP contribution is 2.47. The molecule has 0 radical (unpaired) electrons. The van der Waals surface area contributed by atoms with Crippen molar-refractivity contribution in [1.29, 1.82) is 0 Å². The molecule has 3 saturated carbocycles. The van der Waals surface area contributed by atoms with Crippen molar-refractivity contribution in [3.8, 4) is 0 Å². The third kappa shape index (κ3) is 3.13. The van der Waals surface area contributed by atoms with E-state index in [0.717, 1.165) is 44.4 Å². The molecule has 25 heavy (non-hydrogen) atoms. The predicted octanol–water partition coefficient (Wildman–Crippen LogP) is 2.77. The van der Waals surface area contributed by atoms with Gasteiger partial charge in [0, 0.05) is 12.0 Å². The first-order valence-corrected chi connectivity index (χ1v) is 10.5. The average Bonchev–Trinajstić information content (AvgIpc) is 3.25. The maximum Gasteiger partial charge on any atom is 0.223 e. The van der Waals surface area contributed by atoms with Gasteiger partial charge in [-0.15, -0.1) is 0 Å². The number of carbonyl (C=O) groups is 1. The van der Waals surface area contributed by atoms with Crippen LogP contribution in [0.15, 0.2) is 0 Å². The summed E-state index contributed by atoms with van der Waals surface area (Å²) in [6, 6.07) is 0.344. The predicted molar refractivity (Wildman–Crippen MR) is 91.8 cm³/mol. The molecule has 0 aromatic carbocycles. The van der Waals surface area contributed by atoms with E-state index in [9.17, 15) is 4.79 Å². The van der Waals surface area contributed by atoms with Gasteiger partial charge in [0.05, 0.1) is 24.4 Å². The van der Waals surface area contributed by atoms with Gasteiger partial charge in [-0.05, 0) is 63.2 Å². The Balaban J connectivity index is 1.17. The van der Waals surface area contributed by atoms with Crippen molar-refractivity contribution in [1.82, 2.24) is 5.32 Å². The molecule has 5 nitrogen and oxygen atoms in total. The lowest BCUT2D eigenvalue weighted by Crippen LogP contribution is -2.46. The molecule has 140 valence electrons. The van der Waals surface area contributed by atoms with Crippen LogP contribution in [0.3, 0.4) is 0 Å². The molecule has 2 aliphatic heterocycles. The van der Waals surface area contributed by atoms with Crippen molar-refractivity contribution in [3.05, 3.63) is 0 Å². The zero-order chi connectivity index (χ0) is 16.8. The van der Waals surface area contributed by atoms with Crippen LogP contribution >= 0.6 is 0 Å². The summed E-state index contributed by atoms with van der Waals surface area (Å²) in [5, 5.41) is 3.39. The van der Waals surface area contributed by atoms with Crippen molar-refractivity contribution in [2.45, 2.75) is 94.7 Å². The Morgan fingerprint density at radius 3 is 2.52 bits per heavy atom. The molecule has 8 atom stereocenters. The lowest BCUT2D eigenvalue weighted by molar-refractivity contribution is -0.128. The molecular formula is C20H31NO4. The Hall–Kier alpha value is -0.650. The highest BCUT2D eigenvalue weighted by atomic mass is 16.7. The second kappa shape index (κ2) is 6.82. The van der Waals surface area contributed by atoms with E-state index in [1.54, 1.807) is 0 Å². The maximum absolute atomic E-state index is 12.8. The monoisotopic (exact) mass is 349 g/mol. The Bertz CT molecular complexity index is 512. The van der Waals surface area contributed by atoms with Crippen LogP contribution in [0, 0.1) is 17.8 Å². The first kappa shape index (κ1) is 16.5. The van der Waals surface area contributed by atoms with E-state index in [1.807, 2.05) is 0 Å². The lowest BCUT2D eigenvalue weighted by atomic mass is 9.72. The third-order valence-corrected chi connectivity index (χ3v) is 7.50. The van der Waals surface area contributed by atoms with Gasteiger partial charge in [0.25, 0.3) is 0 Å². The minimum atomic E-state index is 0.0999. The maximum atomic E-state index is 12.8. The van der Waals surface area contributed by atoms with Crippen LogP contribution in [0.25, 0.3) is 0 Å². The number of fused-ring (bicyclic) bond motifs is 4. The van der Waals surface area contributed by atoms with E-state index in [2.05, 4.69) is 5.32 Å². The number of rotatable bonds is 2. The van der Waals surface area contributed by atoms with Gasteiger partial charge in [-0.3, -0.25) is 4.79 Å². The first-order valence-electron chi connectivity index (χ1n) is 10.5. The van der Waals surface area contributed by atoms with Gasteiger partial charge in [-0.2, -0.15) is 0 Å². The molecule has 0 spiro atoms. The van der Waals surface area contributed by atoms with E-state index in [0.29, 0.717) is 31.0 Å². The number of hydrogen-bond donors (Lipinski definition) is 1. The van der Waals surface area contributed by atoms with Gasteiger partial charge in [0.2, 0.25) is 5.91 Å². The zero-order valence-electron chi connectivity index (χ0n) is 15.0. The first-order chi connectivity index (χ1) is 12.3. The van der Waals surface area contributed by atoms with Gasteiger partial charge in [0.15, 0.2) is 0 Å². The highest BCUT2D eigenvalue weighted by Gasteiger charge is 2.48. The van der Waals surface area contributed by atoms with Gasteiger partial charge < -0.3 is 19.5 Å². The Morgan fingerprint density at radius 1 is 0.760 bits per heavy atom. The zero-order valence-corrected chi connectivity index (χ0v) is 15.0. The Labute approximate surface area is 150 Å². The fraction of sp³-hybridized carbons (Fsp3) is 0.950. The van der Waals surface area contributed by atoms with Crippen molar-refractivity contribution < 1.29 is 19.0 Å². The number of ether oxygens (including phenoxy) is 3. The SMILES string of the molecule is O=C(NC1CCC2OC3CCCCC3C2C1)C1CCC2OCOC2C1. The standard InChI is InChI=1S/C20H31NO4/c22-20(12-5-7-18-19(9-12)24-11-23-18)21-13-6-8-17-15(10-13)14-3-1-2-4-16(14)25-17/h12-19H,1-11H2,(H,21,22). The molecule has 0 bridgehead atoms. The Kier molecular flexibility index (Phi) is 4.51. The summed E-state index contributed by atoms with van der Waals surface area (Å²) < 4.78 is 17.5. The van der Waals surface area contributed by atoms with Gasteiger partial charge >= 0.3 is 0 Å². The van der Waals surface area contributed by atoms with Crippen molar-refractivity contribution >= 4 is 5.91 Å². The normalized spacial score (nSPS) is 49.1. The quantitative estimate of drug-likeness (QED) is 0.833. The van der Waals surface area contributed by atoms with Crippen LogP contribution in [-0.2, 0) is 19.0 Å². The summed E-state index contributed by atoms with van der Waals surface area (Å²) in [7, 11) is 0. The fourth-order valence-corrected chi connectivity index (χ4v) is 6.18. The molecule has 1 amide bonds. The van der Waals surface area contributed by atoms with Crippen LogP contribution in [0.2, 0.25) is 0 Å². The van der Waals surface area contributed by atoms with Crippen LogP contribution in [0.1, 0.15) is 64.2 Å². The van der Waals surface area contributed by atoms with E-state index >= 15 is 0 Å². The van der Waals surface area contributed by atoms with Crippen LogP contribution in [-0.4, -0.2) is 43.2 Å². The summed E-state index contributed by atoms with van der Waals surface area (Å²) in [6.45, 7) is 0.401. The van der Waals surface area contributed by atoms with Crippen LogP contribution in [0.5, 0.6) is 0 Å². The third-order valence-electron chi connectivity index (χ3n) is 7.50. The molecule has 1 N–H and O–H groups in total. The number of nitrogens with one attached hydrogen (secondary N) is 1. The molecule has 5 rings (SSSR count). The largest absolute Gasteiger partial charge is 0.374 e. The number of hydrogen-bond acceptors (Lipinski definition) is 4. The summed E-state index contributed by atoms with van der Waals surface area (Å²) in [5.74, 6) is 1.77. The minimum Gasteiger partial charge on any atom is -0.374 e. The van der Waals surface area contributed by atoms with E-state index in [4.69, 9.17) is 14.2 Å². The highest BCUT2D eigenvalue weighted by molar-refractivity contribution is 5.79.